The molecule has 2 rings (SSSR count). The van der Waals surface area contributed by atoms with E-state index in [2.05, 4.69) is 5.32 Å². The molecule has 2 amide bonds. The molecule has 0 saturated carbocycles. The van der Waals surface area contributed by atoms with E-state index in [1.165, 1.54) is 17.0 Å². The van der Waals surface area contributed by atoms with Crippen molar-refractivity contribution in [3.8, 4) is 0 Å². The zero-order chi connectivity index (χ0) is 16.3. The van der Waals surface area contributed by atoms with Crippen LogP contribution in [-0.2, 0) is 9.59 Å². The lowest BCUT2D eigenvalue weighted by Crippen LogP contribution is -2.47. The first-order valence-corrected chi connectivity index (χ1v) is 7.41. The second-order valence-electron chi connectivity index (χ2n) is 4.89. The maximum Gasteiger partial charge on any atom is 0.322 e. The maximum atomic E-state index is 12.6. The van der Waals surface area contributed by atoms with E-state index in [-0.39, 0.29) is 16.5 Å². The lowest BCUT2D eigenvalue weighted by molar-refractivity contribution is -0.138. The van der Waals surface area contributed by atoms with Crippen LogP contribution in [0.15, 0.2) is 18.2 Å². The summed E-state index contributed by atoms with van der Waals surface area (Å²) in [6.45, 7) is -0.0673. The van der Waals surface area contributed by atoms with E-state index in [0.717, 1.165) is 0 Å². The maximum absolute atomic E-state index is 12.6. The Morgan fingerprint density at radius 2 is 2.05 bits per heavy atom. The van der Waals surface area contributed by atoms with Crippen LogP contribution in [0.4, 0.5) is 0 Å². The van der Waals surface area contributed by atoms with E-state index in [9.17, 15) is 14.4 Å². The minimum Gasteiger partial charge on any atom is -0.480 e. The number of carboxylic acid groups (broad SMARTS) is 1. The number of hydrogen-bond acceptors (Lipinski definition) is 3. The van der Waals surface area contributed by atoms with Gasteiger partial charge in [0.15, 0.2) is 0 Å². The molecule has 1 saturated heterocycles. The monoisotopic (exact) mass is 344 g/mol. The van der Waals surface area contributed by atoms with Gasteiger partial charge in [-0.3, -0.25) is 14.4 Å². The molecule has 1 atom stereocenters. The van der Waals surface area contributed by atoms with Gasteiger partial charge in [0.2, 0.25) is 5.91 Å². The van der Waals surface area contributed by atoms with E-state index in [4.69, 9.17) is 28.3 Å². The number of nitrogens with one attached hydrogen (secondary N) is 1. The third-order valence-electron chi connectivity index (χ3n) is 3.39. The van der Waals surface area contributed by atoms with Crippen molar-refractivity contribution in [1.29, 1.82) is 0 Å². The number of rotatable bonds is 4. The summed E-state index contributed by atoms with van der Waals surface area (Å²) in [4.78, 5) is 36.5. The number of halogens is 2. The number of benzene rings is 1. The van der Waals surface area contributed by atoms with E-state index < -0.39 is 24.5 Å². The van der Waals surface area contributed by atoms with Gasteiger partial charge < -0.3 is 15.3 Å². The van der Waals surface area contributed by atoms with Crippen molar-refractivity contribution in [2.24, 2.45) is 0 Å². The average molecular weight is 345 g/mol. The summed E-state index contributed by atoms with van der Waals surface area (Å²) in [5.74, 6) is -2.01. The highest BCUT2D eigenvalue weighted by Gasteiger charge is 2.35. The largest absolute Gasteiger partial charge is 0.480 e. The summed E-state index contributed by atoms with van der Waals surface area (Å²) in [6.07, 6.45) is 1.14. The number of likely N-dealkylation sites (tertiary alicyclic amines) is 1. The zero-order valence-electron chi connectivity index (χ0n) is 11.5. The Morgan fingerprint density at radius 1 is 1.32 bits per heavy atom. The van der Waals surface area contributed by atoms with Crippen molar-refractivity contribution < 1.29 is 19.5 Å². The first-order chi connectivity index (χ1) is 10.4. The van der Waals surface area contributed by atoms with E-state index >= 15 is 0 Å². The number of aliphatic carboxylic acids is 1. The Bertz CT molecular complexity index is 621. The van der Waals surface area contributed by atoms with Crippen LogP contribution in [0.1, 0.15) is 23.2 Å². The Kier molecular flexibility index (Phi) is 5.26. The van der Waals surface area contributed by atoms with Crippen molar-refractivity contribution in [3.05, 3.63) is 33.8 Å². The first kappa shape index (κ1) is 16.6. The number of nitrogens with zero attached hydrogens (tertiary/aromatic N) is 1. The Labute approximate surface area is 137 Å². The van der Waals surface area contributed by atoms with Crippen LogP contribution in [0.3, 0.4) is 0 Å². The third kappa shape index (κ3) is 3.69. The van der Waals surface area contributed by atoms with E-state index in [1.54, 1.807) is 6.07 Å². The second kappa shape index (κ2) is 6.98. The molecule has 0 bridgehead atoms. The summed E-state index contributed by atoms with van der Waals surface area (Å²) < 4.78 is 0. The summed E-state index contributed by atoms with van der Waals surface area (Å²) in [5.41, 5.74) is 0.229. The highest BCUT2D eigenvalue weighted by Crippen LogP contribution is 2.26. The topological polar surface area (TPSA) is 86.7 Å². The average Bonchev–Trinajstić information content (AvgIpc) is 2.96. The number of carbonyl (C=O) groups is 3. The molecule has 1 heterocycles. The Hall–Kier alpha value is -1.79. The van der Waals surface area contributed by atoms with Crippen LogP contribution < -0.4 is 5.32 Å². The fourth-order valence-corrected chi connectivity index (χ4v) is 2.75. The Morgan fingerprint density at radius 3 is 2.73 bits per heavy atom. The predicted molar refractivity (Wildman–Crippen MR) is 81.2 cm³/mol. The molecule has 0 spiro atoms. The molecule has 1 fully saturated rings. The van der Waals surface area contributed by atoms with Gasteiger partial charge >= 0.3 is 5.97 Å². The molecular formula is C14H14Cl2N2O4. The van der Waals surface area contributed by atoms with Gasteiger partial charge in [0, 0.05) is 11.6 Å². The standard InChI is InChI=1S/C14H14Cl2N2O4/c15-8-3-4-10(16)9(6-8)14(22)18-5-1-2-11(18)13(21)17-7-12(19)20/h3-4,6,11H,1-2,5,7H2,(H,17,21)(H,19,20). The van der Waals surface area contributed by atoms with Crippen molar-refractivity contribution in [3.63, 3.8) is 0 Å². The summed E-state index contributed by atoms with van der Waals surface area (Å²) in [7, 11) is 0. The van der Waals surface area contributed by atoms with Gasteiger partial charge in [0.25, 0.3) is 5.91 Å². The van der Waals surface area contributed by atoms with Gasteiger partial charge in [-0.15, -0.1) is 0 Å². The summed E-state index contributed by atoms with van der Waals surface area (Å²) >= 11 is 11.9. The minimum absolute atomic E-state index is 0.229. The first-order valence-electron chi connectivity index (χ1n) is 6.65. The minimum atomic E-state index is -1.14. The number of carbonyl (C=O) groups excluding carboxylic acids is 2. The van der Waals surface area contributed by atoms with Crippen molar-refractivity contribution in [2.75, 3.05) is 13.1 Å². The van der Waals surface area contributed by atoms with Gasteiger partial charge in [0.1, 0.15) is 12.6 Å². The van der Waals surface area contributed by atoms with Gasteiger partial charge in [-0.25, -0.2) is 0 Å². The summed E-state index contributed by atoms with van der Waals surface area (Å²) in [5, 5.41) is 11.5. The van der Waals surface area contributed by atoms with Crippen molar-refractivity contribution in [1.82, 2.24) is 10.2 Å². The smallest absolute Gasteiger partial charge is 0.322 e. The second-order valence-corrected chi connectivity index (χ2v) is 5.74. The molecule has 1 aromatic carbocycles. The molecule has 1 aliphatic heterocycles. The molecule has 0 aromatic heterocycles. The van der Waals surface area contributed by atoms with Crippen molar-refractivity contribution in [2.45, 2.75) is 18.9 Å². The van der Waals surface area contributed by atoms with Gasteiger partial charge in [0.05, 0.1) is 10.6 Å². The fraction of sp³-hybridized carbons (Fsp3) is 0.357. The molecule has 1 aliphatic rings. The molecular weight excluding hydrogens is 331 g/mol. The van der Waals surface area contributed by atoms with Crippen LogP contribution >= 0.6 is 23.2 Å². The highest BCUT2D eigenvalue weighted by molar-refractivity contribution is 6.35. The van der Waals surface area contributed by atoms with E-state index in [1.807, 2.05) is 0 Å². The normalized spacial score (nSPS) is 17.4. The molecule has 1 aromatic rings. The van der Waals surface area contributed by atoms with Gasteiger partial charge in [-0.05, 0) is 31.0 Å². The van der Waals surface area contributed by atoms with Crippen LogP contribution in [0.5, 0.6) is 0 Å². The van der Waals surface area contributed by atoms with Crippen LogP contribution in [0.2, 0.25) is 10.0 Å². The van der Waals surface area contributed by atoms with Crippen LogP contribution in [-0.4, -0.2) is 46.9 Å². The molecule has 118 valence electrons. The quantitative estimate of drug-likeness (QED) is 0.871. The third-order valence-corrected chi connectivity index (χ3v) is 3.95. The molecule has 1 unspecified atom stereocenters. The lowest BCUT2D eigenvalue weighted by atomic mass is 10.1. The van der Waals surface area contributed by atoms with Gasteiger partial charge in [-0.2, -0.15) is 0 Å². The SMILES string of the molecule is O=C(O)CNC(=O)C1CCCN1C(=O)c1cc(Cl)ccc1Cl. The molecule has 0 radical (unpaired) electrons. The molecule has 8 heteroatoms. The van der Waals surface area contributed by atoms with Crippen LogP contribution in [0, 0.1) is 0 Å². The van der Waals surface area contributed by atoms with Crippen molar-refractivity contribution >= 4 is 41.0 Å². The molecule has 2 N–H and O–H groups in total. The van der Waals surface area contributed by atoms with Crippen LogP contribution in [0.25, 0.3) is 0 Å². The molecule has 0 aliphatic carbocycles. The fourth-order valence-electron chi connectivity index (χ4n) is 2.38. The number of amides is 2. The highest BCUT2D eigenvalue weighted by atomic mass is 35.5. The lowest BCUT2D eigenvalue weighted by Gasteiger charge is -2.24. The summed E-state index contributed by atoms with van der Waals surface area (Å²) in [6, 6.07) is 3.85. The molecule has 22 heavy (non-hydrogen) atoms. The van der Waals surface area contributed by atoms with E-state index in [0.29, 0.717) is 24.4 Å². The zero-order valence-corrected chi connectivity index (χ0v) is 13.0. The predicted octanol–water partition coefficient (Wildman–Crippen LogP) is 1.80. The Balaban J connectivity index is 2.16. The van der Waals surface area contributed by atoms with Gasteiger partial charge in [-0.1, -0.05) is 23.2 Å². The number of carboxylic acids is 1. The molecule has 6 nitrogen and oxygen atoms in total. The number of hydrogen-bond donors (Lipinski definition) is 2.